The average Bonchev–Trinajstić information content (AvgIpc) is 2.02. The Bertz CT molecular complexity index is 179. The number of ether oxygens (including phenoxy) is 1. The van der Waals surface area contributed by atoms with E-state index in [2.05, 4.69) is 13.8 Å². The lowest BCUT2D eigenvalue weighted by Gasteiger charge is -2.43. The Morgan fingerprint density at radius 1 is 1.15 bits per heavy atom. The monoisotopic (exact) mass is 184 g/mol. The predicted molar refractivity (Wildman–Crippen MR) is 51.2 cm³/mol. The van der Waals surface area contributed by atoms with Crippen molar-refractivity contribution in [1.82, 2.24) is 0 Å². The van der Waals surface area contributed by atoms with Crippen molar-refractivity contribution in [3.05, 3.63) is 0 Å². The van der Waals surface area contributed by atoms with Gasteiger partial charge in [0.25, 0.3) is 0 Å². The van der Waals surface area contributed by atoms with E-state index in [-0.39, 0.29) is 0 Å². The van der Waals surface area contributed by atoms with Crippen molar-refractivity contribution in [2.75, 3.05) is 0 Å². The first-order valence-corrected chi connectivity index (χ1v) is 5.50. The second kappa shape index (κ2) is 3.58. The number of hydrogen-bond acceptors (Lipinski definition) is 2. The molecule has 1 aliphatic carbocycles. The smallest absolute Gasteiger partial charge is 0.155 e. The molecule has 2 aliphatic rings. The number of fused-ring (bicyclic) bond motifs is 1. The molecular weight excluding hydrogens is 164 g/mol. The summed E-state index contributed by atoms with van der Waals surface area (Å²) in [6.45, 7) is 4.53. The first-order valence-electron chi connectivity index (χ1n) is 5.50. The molecule has 2 rings (SSSR count). The third-order valence-electron chi connectivity index (χ3n) is 3.74. The topological polar surface area (TPSA) is 29.5 Å². The van der Waals surface area contributed by atoms with Crippen molar-refractivity contribution in [2.45, 2.75) is 51.9 Å². The van der Waals surface area contributed by atoms with Crippen LogP contribution < -0.4 is 0 Å². The number of aliphatic hydroxyl groups excluding tert-OH is 1. The standard InChI is InChI=1S/C11H20O2/c1-7-3-4-9-8(2)6-11(12)13-10(9)5-7/h7-12H,3-6H2,1-2H3. The van der Waals surface area contributed by atoms with E-state index in [9.17, 15) is 5.11 Å². The lowest BCUT2D eigenvalue weighted by molar-refractivity contribution is -0.210. The number of rotatable bonds is 0. The molecule has 0 bridgehead atoms. The normalized spacial score (nSPS) is 51.5. The van der Waals surface area contributed by atoms with Gasteiger partial charge in [0.15, 0.2) is 6.29 Å². The largest absolute Gasteiger partial charge is 0.368 e. The van der Waals surface area contributed by atoms with Crippen molar-refractivity contribution in [2.24, 2.45) is 17.8 Å². The molecule has 0 aromatic rings. The van der Waals surface area contributed by atoms with Gasteiger partial charge in [-0.3, -0.25) is 0 Å². The zero-order valence-corrected chi connectivity index (χ0v) is 8.57. The summed E-state index contributed by atoms with van der Waals surface area (Å²) in [5, 5.41) is 9.48. The van der Waals surface area contributed by atoms with Crippen molar-refractivity contribution in [3.63, 3.8) is 0 Å². The van der Waals surface area contributed by atoms with Gasteiger partial charge >= 0.3 is 0 Å². The van der Waals surface area contributed by atoms with Gasteiger partial charge in [-0.2, -0.15) is 0 Å². The highest BCUT2D eigenvalue weighted by Crippen LogP contribution is 2.40. The van der Waals surface area contributed by atoms with Crippen LogP contribution in [0.4, 0.5) is 0 Å². The zero-order valence-electron chi connectivity index (χ0n) is 8.57. The predicted octanol–water partition coefficient (Wildman–Crippen LogP) is 2.17. The molecule has 0 radical (unpaired) electrons. The summed E-state index contributed by atoms with van der Waals surface area (Å²) in [5.74, 6) is 2.12. The van der Waals surface area contributed by atoms with Crippen LogP contribution in [-0.4, -0.2) is 17.5 Å². The Morgan fingerprint density at radius 3 is 2.69 bits per heavy atom. The maximum Gasteiger partial charge on any atom is 0.155 e. The molecule has 0 aromatic carbocycles. The highest BCUT2D eigenvalue weighted by molar-refractivity contribution is 4.86. The second-order valence-corrected chi connectivity index (χ2v) is 4.92. The van der Waals surface area contributed by atoms with Gasteiger partial charge in [0.2, 0.25) is 0 Å². The molecule has 0 amide bonds. The van der Waals surface area contributed by atoms with Crippen LogP contribution >= 0.6 is 0 Å². The molecule has 2 nitrogen and oxygen atoms in total. The summed E-state index contributed by atoms with van der Waals surface area (Å²) in [6, 6.07) is 0. The summed E-state index contributed by atoms with van der Waals surface area (Å²) in [5.41, 5.74) is 0. The molecule has 0 aromatic heterocycles. The van der Waals surface area contributed by atoms with E-state index < -0.39 is 6.29 Å². The quantitative estimate of drug-likeness (QED) is 0.625. The summed E-state index contributed by atoms with van der Waals surface area (Å²) >= 11 is 0. The fourth-order valence-electron chi connectivity index (χ4n) is 2.91. The van der Waals surface area contributed by atoms with Crippen LogP contribution in [0.25, 0.3) is 0 Å². The molecule has 1 saturated carbocycles. The van der Waals surface area contributed by atoms with Crippen LogP contribution in [0.1, 0.15) is 39.5 Å². The van der Waals surface area contributed by atoms with E-state index in [1.54, 1.807) is 0 Å². The van der Waals surface area contributed by atoms with E-state index in [4.69, 9.17) is 4.74 Å². The minimum atomic E-state index is -0.499. The number of hydrogen-bond donors (Lipinski definition) is 1. The molecular formula is C11H20O2. The molecule has 0 spiro atoms. The van der Waals surface area contributed by atoms with Gasteiger partial charge in [-0.25, -0.2) is 0 Å². The van der Waals surface area contributed by atoms with Gasteiger partial charge in [0.1, 0.15) is 0 Å². The molecule has 5 unspecified atom stereocenters. The van der Waals surface area contributed by atoms with Crippen LogP contribution in [0, 0.1) is 17.8 Å². The zero-order chi connectivity index (χ0) is 9.42. The SMILES string of the molecule is CC1CCC2C(C)CC(O)OC2C1. The van der Waals surface area contributed by atoms with Gasteiger partial charge in [-0.15, -0.1) is 0 Å². The fraction of sp³-hybridized carbons (Fsp3) is 1.00. The van der Waals surface area contributed by atoms with E-state index in [1.807, 2.05) is 0 Å². The van der Waals surface area contributed by atoms with E-state index >= 15 is 0 Å². The highest BCUT2D eigenvalue weighted by Gasteiger charge is 2.38. The third kappa shape index (κ3) is 1.89. The van der Waals surface area contributed by atoms with Gasteiger partial charge in [0.05, 0.1) is 6.10 Å². The molecule has 1 saturated heterocycles. The van der Waals surface area contributed by atoms with E-state index in [1.165, 1.54) is 12.8 Å². The Balaban J connectivity index is 2.02. The summed E-state index contributed by atoms with van der Waals surface area (Å²) in [4.78, 5) is 0. The first-order chi connectivity index (χ1) is 6.16. The van der Waals surface area contributed by atoms with Gasteiger partial charge in [0, 0.05) is 6.42 Å². The van der Waals surface area contributed by atoms with E-state index in [0.717, 1.165) is 18.8 Å². The lowest BCUT2D eigenvalue weighted by atomic mass is 9.72. The Labute approximate surface area is 80.3 Å². The molecule has 2 heteroatoms. The summed E-state index contributed by atoms with van der Waals surface area (Å²) < 4.78 is 5.59. The fourth-order valence-corrected chi connectivity index (χ4v) is 2.91. The minimum absolute atomic E-state index is 0.336. The van der Waals surface area contributed by atoms with E-state index in [0.29, 0.717) is 17.9 Å². The Hall–Kier alpha value is -0.0800. The molecule has 13 heavy (non-hydrogen) atoms. The third-order valence-corrected chi connectivity index (χ3v) is 3.74. The Kier molecular flexibility index (Phi) is 2.61. The van der Waals surface area contributed by atoms with Gasteiger partial charge in [-0.1, -0.05) is 20.3 Å². The molecule has 1 aliphatic heterocycles. The van der Waals surface area contributed by atoms with Crippen molar-refractivity contribution in [1.29, 1.82) is 0 Å². The van der Waals surface area contributed by atoms with Crippen LogP contribution in [-0.2, 0) is 4.74 Å². The summed E-state index contributed by atoms with van der Waals surface area (Å²) in [6.07, 6.45) is 4.44. The highest BCUT2D eigenvalue weighted by atomic mass is 16.6. The van der Waals surface area contributed by atoms with Crippen molar-refractivity contribution >= 4 is 0 Å². The maximum absolute atomic E-state index is 9.48. The number of aliphatic hydroxyl groups is 1. The van der Waals surface area contributed by atoms with Crippen LogP contribution in [0.2, 0.25) is 0 Å². The minimum Gasteiger partial charge on any atom is -0.368 e. The van der Waals surface area contributed by atoms with Crippen LogP contribution in [0.5, 0.6) is 0 Å². The Morgan fingerprint density at radius 2 is 1.92 bits per heavy atom. The molecule has 76 valence electrons. The lowest BCUT2D eigenvalue weighted by Crippen LogP contribution is -2.43. The summed E-state index contributed by atoms with van der Waals surface area (Å²) in [7, 11) is 0. The van der Waals surface area contributed by atoms with Crippen LogP contribution in [0.3, 0.4) is 0 Å². The molecule has 1 heterocycles. The van der Waals surface area contributed by atoms with Gasteiger partial charge < -0.3 is 9.84 Å². The van der Waals surface area contributed by atoms with Crippen LogP contribution in [0.15, 0.2) is 0 Å². The van der Waals surface area contributed by atoms with Crippen molar-refractivity contribution in [3.8, 4) is 0 Å². The molecule has 2 fully saturated rings. The maximum atomic E-state index is 9.48. The first kappa shape index (κ1) is 9.47. The second-order valence-electron chi connectivity index (χ2n) is 4.92. The van der Waals surface area contributed by atoms with Crippen molar-refractivity contribution < 1.29 is 9.84 Å². The van der Waals surface area contributed by atoms with Gasteiger partial charge in [-0.05, 0) is 30.6 Å². The molecule has 1 N–H and O–H groups in total. The average molecular weight is 184 g/mol. The molecule has 5 atom stereocenters.